The summed E-state index contributed by atoms with van der Waals surface area (Å²) in [7, 11) is 0. The van der Waals surface area contributed by atoms with Crippen LogP contribution in [0.15, 0.2) is 0 Å². The zero-order valence-corrected chi connectivity index (χ0v) is 8.59. The van der Waals surface area contributed by atoms with Gasteiger partial charge < -0.3 is 10.8 Å². The summed E-state index contributed by atoms with van der Waals surface area (Å²) in [4.78, 5) is 0. The molecular formula is C10H23NO. The average molecular weight is 173 g/mol. The minimum Gasteiger partial charge on any atom is -0.393 e. The van der Waals surface area contributed by atoms with Crippen LogP contribution in [0.5, 0.6) is 0 Å². The zero-order chi connectivity index (χ0) is 9.56. The van der Waals surface area contributed by atoms with Crippen LogP contribution in [0.4, 0.5) is 0 Å². The van der Waals surface area contributed by atoms with Gasteiger partial charge in [0.2, 0.25) is 0 Å². The molecule has 0 aliphatic carbocycles. The monoisotopic (exact) mass is 173 g/mol. The van der Waals surface area contributed by atoms with E-state index in [2.05, 4.69) is 20.8 Å². The molecule has 2 nitrogen and oxygen atoms in total. The minimum absolute atomic E-state index is 0.192. The summed E-state index contributed by atoms with van der Waals surface area (Å²) in [5.41, 5.74) is 5.53. The molecule has 0 aromatic carbocycles. The van der Waals surface area contributed by atoms with Crippen LogP contribution in [0.2, 0.25) is 0 Å². The summed E-state index contributed by atoms with van der Waals surface area (Å²) in [6.45, 7) is 7.04. The first-order chi connectivity index (χ1) is 5.61. The highest BCUT2D eigenvalue weighted by atomic mass is 16.3. The molecule has 0 aliphatic rings. The predicted octanol–water partition coefficient (Wildman–Crippen LogP) is 1.77. The molecule has 0 aromatic heterocycles. The SMILES string of the molecule is CCC(CN)C(O)CCC(C)C. The predicted molar refractivity (Wildman–Crippen MR) is 52.9 cm³/mol. The highest BCUT2D eigenvalue weighted by Crippen LogP contribution is 2.15. The fourth-order valence-corrected chi connectivity index (χ4v) is 1.34. The molecule has 0 amide bonds. The Hall–Kier alpha value is -0.0800. The molecule has 2 unspecified atom stereocenters. The molecule has 12 heavy (non-hydrogen) atoms. The molecule has 0 aromatic rings. The Bertz CT molecular complexity index is 100. The van der Waals surface area contributed by atoms with Gasteiger partial charge in [0.1, 0.15) is 0 Å². The lowest BCUT2D eigenvalue weighted by Gasteiger charge is -2.20. The van der Waals surface area contributed by atoms with Crippen molar-refractivity contribution in [3.8, 4) is 0 Å². The topological polar surface area (TPSA) is 46.2 Å². The zero-order valence-electron chi connectivity index (χ0n) is 8.59. The molecule has 2 heteroatoms. The second-order valence-corrected chi connectivity index (χ2v) is 3.94. The second-order valence-electron chi connectivity index (χ2n) is 3.94. The molecule has 2 atom stereocenters. The van der Waals surface area contributed by atoms with Crippen LogP contribution in [0.1, 0.15) is 40.0 Å². The molecule has 0 heterocycles. The number of nitrogens with two attached hydrogens (primary N) is 1. The first kappa shape index (κ1) is 11.9. The maximum atomic E-state index is 9.68. The van der Waals surface area contributed by atoms with E-state index in [1.54, 1.807) is 0 Å². The van der Waals surface area contributed by atoms with Crippen molar-refractivity contribution in [3.63, 3.8) is 0 Å². The van der Waals surface area contributed by atoms with Crippen LogP contribution in [-0.2, 0) is 0 Å². The van der Waals surface area contributed by atoms with Gasteiger partial charge in [0.05, 0.1) is 6.10 Å². The van der Waals surface area contributed by atoms with Crippen molar-refractivity contribution in [2.75, 3.05) is 6.54 Å². The number of rotatable bonds is 6. The van der Waals surface area contributed by atoms with Crippen LogP contribution in [0.3, 0.4) is 0 Å². The van der Waals surface area contributed by atoms with Crippen LogP contribution in [0.25, 0.3) is 0 Å². The Morgan fingerprint density at radius 1 is 1.25 bits per heavy atom. The van der Waals surface area contributed by atoms with Gasteiger partial charge in [-0.25, -0.2) is 0 Å². The van der Waals surface area contributed by atoms with E-state index in [0.29, 0.717) is 18.4 Å². The lowest BCUT2D eigenvalue weighted by molar-refractivity contribution is 0.0946. The number of hydrogen-bond acceptors (Lipinski definition) is 2. The van der Waals surface area contributed by atoms with Gasteiger partial charge in [-0.05, 0) is 37.6 Å². The fraction of sp³-hybridized carbons (Fsp3) is 1.00. The van der Waals surface area contributed by atoms with E-state index < -0.39 is 0 Å². The first-order valence-electron chi connectivity index (χ1n) is 4.99. The fourth-order valence-electron chi connectivity index (χ4n) is 1.34. The largest absolute Gasteiger partial charge is 0.393 e. The van der Waals surface area contributed by atoms with Gasteiger partial charge in [0.25, 0.3) is 0 Å². The van der Waals surface area contributed by atoms with E-state index in [9.17, 15) is 5.11 Å². The van der Waals surface area contributed by atoms with E-state index in [0.717, 1.165) is 19.3 Å². The lowest BCUT2D eigenvalue weighted by Crippen LogP contribution is -2.27. The Labute approximate surface area is 76.2 Å². The van der Waals surface area contributed by atoms with E-state index in [1.165, 1.54) is 0 Å². The normalized spacial score (nSPS) is 16.5. The Balaban J connectivity index is 3.61. The summed E-state index contributed by atoms with van der Waals surface area (Å²) in [5, 5.41) is 9.68. The van der Waals surface area contributed by atoms with Crippen LogP contribution < -0.4 is 5.73 Å². The maximum Gasteiger partial charge on any atom is 0.0580 e. The second kappa shape index (κ2) is 6.44. The highest BCUT2D eigenvalue weighted by molar-refractivity contribution is 4.68. The molecule has 0 aliphatic heterocycles. The quantitative estimate of drug-likeness (QED) is 0.643. The highest BCUT2D eigenvalue weighted by Gasteiger charge is 2.15. The smallest absolute Gasteiger partial charge is 0.0580 e. The molecule has 0 rings (SSSR count). The third-order valence-corrected chi connectivity index (χ3v) is 2.41. The molecule has 0 fully saturated rings. The van der Waals surface area contributed by atoms with Gasteiger partial charge in [0, 0.05) is 0 Å². The molecule has 0 saturated heterocycles. The van der Waals surface area contributed by atoms with Gasteiger partial charge in [0.15, 0.2) is 0 Å². The Morgan fingerprint density at radius 3 is 2.17 bits per heavy atom. The van der Waals surface area contributed by atoms with Crippen molar-refractivity contribution in [1.29, 1.82) is 0 Å². The van der Waals surface area contributed by atoms with Crippen molar-refractivity contribution in [3.05, 3.63) is 0 Å². The van der Waals surface area contributed by atoms with Crippen LogP contribution >= 0.6 is 0 Å². The van der Waals surface area contributed by atoms with Gasteiger partial charge in [-0.15, -0.1) is 0 Å². The van der Waals surface area contributed by atoms with Crippen molar-refractivity contribution >= 4 is 0 Å². The molecule has 3 N–H and O–H groups in total. The first-order valence-corrected chi connectivity index (χ1v) is 4.99. The molecule has 74 valence electrons. The van der Waals surface area contributed by atoms with E-state index in [-0.39, 0.29) is 6.10 Å². The van der Waals surface area contributed by atoms with Gasteiger partial charge in [-0.2, -0.15) is 0 Å². The number of aliphatic hydroxyl groups is 1. The maximum absolute atomic E-state index is 9.68. The number of aliphatic hydroxyl groups excluding tert-OH is 1. The summed E-state index contributed by atoms with van der Waals surface area (Å²) >= 11 is 0. The molecule has 0 spiro atoms. The van der Waals surface area contributed by atoms with E-state index >= 15 is 0 Å². The third-order valence-electron chi connectivity index (χ3n) is 2.41. The van der Waals surface area contributed by atoms with Gasteiger partial charge >= 0.3 is 0 Å². The molecule has 0 radical (unpaired) electrons. The summed E-state index contributed by atoms with van der Waals surface area (Å²) < 4.78 is 0. The van der Waals surface area contributed by atoms with Crippen molar-refractivity contribution < 1.29 is 5.11 Å². The number of hydrogen-bond donors (Lipinski definition) is 2. The minimum atomic E-state index is -0.192. The molecule has 0 bridgehead atoms. The molecular weight excluding hydrogens is 150 g/mol. The van der Waals surface area contributed by atoms with E-state index in [1.807, 2.05) is 0 Å². The van der Waals surface area contributed by atoms with Crippen molar-refractivity contribution in [2.45, 2.75) is 46.1 Å². The van der Waals surface area contributed by atoms with Crippen molar-refractivity contribution in [2.24, 2.45) is 17.6 Å². The summed E-state index contributed by atoms with van der Waals surface area (Å²) in [5.74, 6) is 0.971. The van der Waals surface area contributed by atoms with Crippen LogP contribution in [-0.4, -0.2) is 17.8 Å². The van der Waals surface area contributed by atoms with Gasteiger partial charge in [-0.3, -0.25) is 0 Å². The van der Waals surface area contributed by atoms with E-state index in [4.69, 9.17) is 5.73 Å². The average Bonchev–Trinajstić information content (AvgIpc) is 2.03. The third kappa shape index (κ3) is 4.73. The van der Waals surface area contributed by atoms with Crippen molar-refractivity contribution in [1.82, 2.24) is 0 Å². The Morgan fingerprint density at radius 2 is 1.83 bits per heavy atom. The Kier molecular flexibility index (Phi) is 6.39. The lowest BCUT2D eigenvalue weighted by atomic mass is 9.93. The molecule has 0 saturated carbocycles. The standard InChI is InChI=1S/C10H23NO/c1-4-9(7-11)10(12)6-5-8(2)3/h8-10,12H,4-7,11H2,1-3H3. The van der Waals surface area contributed by atoms with Gasteiger partial charge in [-0.1, -0.05) is 20.8 Å². The summed E-state index contributed by atoms with van der Waals surface area (Å²) in [6, 6.07) is 0. The van der Waals surface area contributed by atoms with Crippen LogP contribution in [0, 0.1) is 11.8 Å². The summed E-state index contributed by atoms with van der Waals surface area (Å²) in [6.07, 6.45) is 2.78.